The molecule has 0 aromatic heterocycles. The monoisotopic (exact) mass is 256 g/mol. The molecule has 0 spiro atoms. The summed E-state index contributed by atoms with van der Waals surface area (Å²) in [5, 5.41) is 18.8. The summed E-state index contributed by atoms with van der Waals surface area (Å²) < 4.78 is 5.01. The van der Waals surface area contributed by atoms with Crippen molar-refractivity contribution in [2.24, 2.45) is 0 Å². The average molecular weight is 257 g/mol. The Bertz CT molecular complexity index is 466. The Hall–Kier alpha value is -1.42. The van der Waals surface area contributed by atoms with Crippen molar-refractivity contribution in [2.75, 3.05) is 7.11 Å². The fraction of sp³-hybridized carbons (Fsp3) is 0.417. The van der Waals surface area contributed by atoms with E-state index in [2.05, 4.69) is 0 Å². The number of hydrogen-bond donors (Lipinski definition) is 2. The zero-order chi connectivity index (χ0) is 12.6. The summed E-state index contributed by atoms with van der Waals surface area (Å²) in [6, 6.07) is 3.03. The molecule has 1 aliphatic rings. The second kappa shape index (κ2) is 4.11. The third kappa shape index (κ3) is 2.17. The molecule has 0 atom stereocenters. The minimum atomic E-state index is -0.842. The number of carboxylic acid groups (broad SMARTS) is 1. The van der Waals surface area contributed by atoms with Crippen LogP contribution in [0.15, 0.2) is 12.1 Å². The molecule has 0 saturated heterocycles. The van der Waals surface area contributed by atoms with Gasteiger partial charge < -0.3 is 14.9 Å². The van der Waals surface area contributed by atoms with Crippen molar-refractivity contribution in [3.05, 3.63) is 22.7 Å². The number of halogens is 1. The molecule has 1 aromatic rings. The minimum Gasteiger partial charge on any atom is -0.504 e. The minimum absolute atomic E-state index is 0.0348. The maximum absolute atomic E-state index is 10.8. The van der Waals surface area contributed by atoms with Crippen molar-refractivity contribution in [3.8, 4) is 11.5 Å². The van der Waals surface area contributed by atoms with Crippen LogP contribution in [-0.4, -0.2) is 23.3 Å². The molecule has 5 heteroatoms. The first-order valence-electron chi connectivity index (χ1n) is 5.27. The molecule has 1 saturated carbocycles. The van der Waals surface area contributed by atoms with Crippen LogP contribution in [-0.2, 0) is 10.2 Å². The largest absolute Gasteiger partial charge is 0.504 e. The molecule has 17 heavy (non-hydrogen) atoms. The standard InChI is InChI=1S/C12H13ClO4/c1-17-10-4-7(8(13)5-9(10)14)12(2-3-12)6-11(15)16/h4-5,14H,2-3,6H2,1H3,(H,15,16). The van der Waals surface area contributed by atoms with Gasteiger partial charge in [-0.1, -0.05) is 11.6 Å². The van der Waals surface area contributed by atoms with E-state index in [0.29, 0.717) is 10.8 Å². The summed E-state index contributed by atoms with van der Waals surface area (Å²) in [5.74, 6) is -0.556. The van der Waals surface area contributed by atoms with Crippen LogP contribution in [0.2, 0.25) is 5.02 Å². The number of benzene rings is 1. The van der Waals surface area contributed by atoms with Crippen LogP contribution < -0.4 is 4.74 Å². The molecule has 1 aliphatic carbocycles. The number of carboxylic acids is 1. The average Bonchev–Trinajstić information content (AvgIpc) is 2.97. The summed E-state index contributed by atoms with van der Waals surface area (Å²) in [4.78, 5) is 10.8. The van der Waals surface area contributed by atoms with Gasteiger partial charge >= 0.3 is 5.97 Å². The van der Waals surface area contributed by atoms with Crippen molar-refractivity contribution >= 4 is 17.6 Å². The Balaban J connectivity index is 2.42. The molecule has 0 aliphatic heterocycles. The van der Waals surface area contributed by atoms with Crippen molar-refractivity contribution in [3.63, 3.8) is 0 Å². The van der Waals surface area contributed by atoms with E-state index in [1.165, 1.54) is 13.2 Å². The maximum atomic E-state index is 10.8. The first-order chi connectivity index (χ1) is 7.98. The number of aromatic hydroxyl groups is 1. The van der Waals surface area contributed by atoms with E-state index in [4.69, 9.17) is 21.4 Å². The fourth-order valence-electron chi connectivity index (χ4n) is 2.09. The van der Waals surface area contributed by atoms with E-state index >= 15 is 0 Å². The van der Waals surface area contributed by atoms with Crippen LogP contribution in [0.1, 0.15) is 24.8 Å². The summed E-state index contributed by atoms with van der Waals surface area (Å²) in [6.07, 6.45) is 1.65. The maximum Gasteiger partial charge on any atom is 0.304 e. The molecule has 1 fully saturated rings. The van der Waals surface area contributed by atoms with Gasteiger partial charge in [-0.3, -0.25) is 4.79 Å². The molecule has 0 heterocycles. The van der Waals surface area contributed by atoms with Gasteiger partial charge in [-0.25, -0.2) is 0 Å². The Labute approximate surface area is 104 Å². The van der Waals surface area contributed by atoms with Crippen LogP contribution in [0.3, 0.4) is 0 Å². The molecule has 4 nitrogen and oxygen atoms in total. The lowest BCUT2D eigenvalue weighted by Gasteiger charge is -2.16. The number of carbonyl (C=O) groups is 1. The first kappa shape index (κ1) is 12.0. The third-order valence-electron chi connectivity index (χ3n) is 3.18. The molecule has 2 N–H and O–H groups in total. The van der Waals surface area contributed by atoms with Gasteiger partial charge in [-0.2, -0.15) is 0 Å². The topological polar surface area (TPSA) is 66.8 Å². The number of phenols is 1. The van der Waals surface area contributed by atoms with E-state index < -0.39 is 5.97 Å². The molecular weight excluding hydrogens is 244 g/mol. The van der Waals surface area contributed by atoms with Gasteiger partial charge in [0.2, 0.25) is 0 Å². The van der Waals surface area contributed by atoms with Gasteiger partial charge in [0.05, 0.1) is 13.5 Å². The van der Waals surface area contributed by atoms with Crippen LogP contribution in [0, 0.1) is 0 Å². The number of ether oxygens (including phenoxy) is 1. The highest BCUT2D eigenvalue weighted by molar-refractivity contribution is 6.31. The van der Waals surface area contributed by atoms with Crippen LogP contribution in [0.4, 0.5) is 0 Å². The highest BCUT2D eigenvalue weighted by Crippen LogP contribution is 2.54. The van der Waals surface area contributed by atoms with Gasteiger partial charge in [0.1, 0.15) is 0 Å². The zero-order valence-electron chi connectivity index (χ0n) is 9.36. The van der Waals surface area contributed by atoms with E-state index in [1.807, 2.05) is 0 Å². The van der Waals surface area contributed by atoms with Gasteiger partial charge in [0, 0.05) is 16.5 Å². The lowest BCUT2D eigenvalue weighted by molar-refractivity contribution is -0.137. The quantitative estimate of drug-likeness (QED) is 0.869. The zero-order valence-corrected chi connectivity index (χ0v) is 10.1. The van der Waals surface area contributed by atoms with E-state index in [0.717, 1.165) is 18.4 Å². The lowest BCUT2D eigenvalue weighted by Crippen LogP contribution is -2.13. The first-order valence-corrected chi connectivity index (χ1v) is 5.65. The van der Waals surface area contributed by atoms with E-state index in [1.54, 1.807) is 6.07 Å². The number of aliphatic carboxylic acids is 1. The number of rotatable bonds is 4. The summed E-state index contributed by atoms with van der Waals surface area (Å²) in [5.41, 5.74) is 0.361. The molecule has 2 rings (SSSR count). The second-order valence-electron chi connectivity index (χ2n) is 4.35. The Kier molecular flexibility index (Phi) is 2.91. The Morgan fingerprint density at radius 3 is 2.65 bits per heavy atom. The molecule has 92 valence electrons. The smallest absolute Gasteiger partial charge is 0.304 e. The molecule has 0 unspecified atom stereocenters. The highest BCUT2D eigenvalue weighted by Gasteiger charge is 2.47. The van der Waals surface area contributed by atoms with Crippen LogP contribution in [0.5, 0.6) is 11.5 Å². The Morgan fingerprint density at radius 1 is 1.53 bits per heavy atom. The van der Waals surface area contributed by atoms with Gasteiger partial charge in [0.25, 0.3) is 0 Å². The number of phenolic OH excluding ortho intramolecular Hbond substituents is 1. The van der Waals surface area contributed by atoms with Crippen molar-refractivity contribution in [1.29, 1.82) is 0 Å². The van der Waals surface area contributed by atoms with Crippen molar-refractivity contribution in [2.45, 2.75) is 24.7 Å². The lowest BCUT2D eigenvalue weighted by atomic mass is 9.92. The number of methoxy groups -OCH3 is 1. The molecule has 0 radical (unpaired) electrons. The third-order valence-corrected chi connectivity index (χ3v) is 3.50. The summed E-state index contributed by atoms with van der Waals surface area (Å²) >= 11 is 6.06. The van der Waals surface area contributed by atoms with E-state index in [-0.39, 0.29) is 17.6 Å². The highest BCUT2D eigenvalue weighted by atomic mass is 35.5. The van der Waals surface area contributed by atoms with E-state index in [9.17, 15) is 9.90 Å². The SMILES string of the molecule is COc1cc(C2(CC(=O)O)CC2)c(Cl)cc1O. The predicted molar refractivity (Wildman–Crippen MR) is 62.8 cm³/mol. The predicted octanol–water partition coefficient (Wildman–Crippen LogP) is 2.56. The number of hydrogen-bond acceptors (Lipinski definition) is 3. The molecular formula is C12H13ClO4. The summed E-state index contributed by atoms with van der Waals surface area (Å²) in [6.45, 7) is 0. The normalized spacial score (nSPS) is 16.6. The summed E-state index contributed by atoms with van der Waals surface area (Å²) in [7, 11) is 1.45. The van der Waals surface area contributed by atoms with Gasteiger partial charge in [0.15, 0.2) is 11.5 Å². The van der Waals surface area contributed by atoms with Crippen LogP contribution in [0.25, 0.3) is 0 Å². The fourth-order valence-corrected chi connectivity index (χ4v) is 2.45. The Morgan fingerprint density at radius 2 is 2.18 bits per heavy atom. The van der Waals surface area contributed by atoms with Gasteiger partial charge in [-0.15, -0.1) is 0 Å². The second-order valence-corrected chi connectivity index (χ2v) is 4.76. The molecule has 0 amide bonds. The van der Waals surface area contributed by atoms with Crippen LogP contribution >= 0.6 is 11.6 Å². The molecule has 1 aromatic carbocycles. The molecule has 0 bridgehead atoms. The van der Waals surface area contributed by atoms with Crippen molar-refractivity contribution < 1.29 is 19.7 Å². The van der Waals surface area contributed by atoms with Crippen molar-refractivity contribution in [1.82, 2.24) is 0 Å². The van der Waals surface area contributed by atoms with Gasteiger partial charge in [-0.05, 0) is 24.5 Å².